The van der Waals surface area contributed by atoms with Crippen LogP contribution < -0.4 is 5.32 Å². The van der Waals surface area contributed by atoms with Gasteiger partial charge in [-0.15, -0.1) is 0 Å². The second-order valence-electron chi connectivity index (χ2n) is 4.25. The van der Waals surface area contributed by atoms with Crippen LogP contribution in [0.2, 0.25) is 0 Å². The SMILES string of the molecule is Cc1cc(NCC(C)CO)c(C(=O)O)c(C)n1. The van der Waals surface area contributed by atoms with E-state index in [1.165, 1.54) is 0 Å². The zero-order valence-electron chi connectivity index (χ0n) is 10.3. The number of hydrogen-bond donors (Lipinski definition) is 3. The van der Waals surface area contributed by atoms with E-state index >= 15 is 0 Å². The van der Waals surface area contributed by atoms with Crippen molar-refractivity contribution in [2.24, 2.45) is 5.92 Å². The van der Waals surface area contributed by atoms with E-state index in [1.807, 2.05) is 13.8 Å². The summed E-state index contributed by atoms with van der Waals surface area (Å²) in [5, 5.41) is 21.1. The Bertz CT molecular complexity index is 418. The van der Waals surface area contributed by atoms with Crippen LogP contribution in [0.4, 0.5) is 5.69 Å². The van der Waals surface area contributed by atoms with Crippen LogP contribution in [0.3, 0.4) is 0 Å². The summed E-state index contributed by atoms with van der Waals surface area (Å²) >= 11 is 0. The highest BCUT2D eigenvalue weighted by atomic mass is 16.4. The van der Waals surface area contributed by atoms with Crippen LogP contribution in [0.15, 0.2) is 6.07 Å². The number of hydrogen-bond acceptors (Lipinski definition) is 4. The summed E-state index contributed by atoms with van der Waals surface area (Å²) in [6, 6.07) is 1.71. The Hall–Kier alpha value is -1.62. The van der Waals surface area contributed by atoms with Gasteiger partial charge in [-0.2, -0.15) is 0 Å². The van der Waals surface area contributed by atoms with Crippen LogP contribution in [0.25, 0.3) is 0 Å². The third kappa shape index (κ3) is 3.42. The van der Waals surface area contributed by atoms with Crippen molar-refractivity contribution in [1.82, 2.24) is 4.98 Å². The van der Waals surface area contributed by atoms with Crippen molar-refractivity contribution in [1.29, 1.82) is 0 Å². The minimum atomic E-state index is -0.992. The van der Waals surface area contributed by atoms with E-state index in [1.54, 1.807) is 13.0 Å². The number of rotatable bonds is 5. The predicted molar refractivity (Wildman–Crippen MR) is 65.4 cm³/mol. The Balaban J connectivity index is 3.00. The minimum Gasteiger partial charge on any atom is -0.478 e. The number of anilines is 1. The highest BCUT2D eigenvalue weighted by molar-refractivity contribution is 5.95. The molecule has 0 saturated heterocycles. The number of carboxylic acid groups (broad SMARTS) is 1. The van der Waals surface area contributed by atoms with Crippen LogP contribution in [0.5, 0.6) is 0 Å². The highest BCUT2D eigenvalue weighted by Crippen LogP contribution is 2.20. The van der Waals surface area contributed by atoms with E-state index in [9.17, 15) is 4.79 Å². The smallest absolute Gasteiger partial charge is 0.339 e. The van der Waals surface area contributed by atoms with Crippen molar-refractivity contribution in [3.8, 4) is 0 Å². The molecule has 17 heavy (non-hydrogen) atoms. The van der Waals surface area contributed by atoms with Crippen molar-refractivity contribution in [3.05, 3.63) is 23.0 Å². The summed E-state index contributed by atoms with van der Waals surface area (Å²) in [7, 11) is 0. The highest BCUT2D eigenvalue weighted by Gasteiger charge is 2.15. The fraction of sp³-hybridized carbons (Fsp3) is 0.500. The lowest BCUT2D eigenvalue weighted by atomic mass is 10.1. The molecule has 5 nitrogen and oxygen atoms in total. The summed E-state index contributed by atoms with van der Waals surface area (Å²) in [6.07, 6.45) is 0. The third-order valence-electron chi connectivity index (χ3n) is 2.49. The van der Waals surface area contributed by atoms with E-state index in [0.29, 0.717) is 17.9 Å². The Morgan fingerprint density at radius 2 is 2.18 bits per heavy atom. The van der Waals surface area contributed by atoms with E-state index in [0.717, 1.165) is 5.69 Å². The van der Waals surface area contributed by atoms with Gasteiger partial charge in [-0.3, -0.25) is 4.98 Å². The molecule has 1 heterocycles. The average Bonchev–Trinajstić information content (AvgIpc) is 2.24. The zero-order chi connectivity index (χ0) is 13.0. The van der Waals surface area contributed by atoms with Crippen LogP contribution in [0.1, 0.15) is 28.7 Å². The van der Waals surface area contributed by atoms with Crippen LogP contribution in [0, 0.1) is 19.8 Å². The van der Waals surface area contributed by atoms with Crippen molar-refractivity contribution >= 4 is 11.7 Å². The molecule has 0 saturated carbocycles. The number of aromatic carboxylic acids is 1. The Morgan fingerprint density at radius 1 is 1.53 bits per heavy atom. The topological polar surface area (TPSA) is 82.5 Å². The van der Waals surface area contributed by atoms with Crippen LogP contribution >= 0.6 is 0 Å². The number of nitrogens with zero attached hydrogens (tertiary/aromatic N) is 1. The number of carboxylic acids is 1. The van der Waals surface area contributed by atoms with E-state index < -0.39 is 5.97 Å². The number of pyridine rings is 1. The number of aliphatic hydroxyl groups is 1. The van der Waals surface area contributed by atoms with Gasteiger partial charge in [0.05, 0.1) is 11.4 Å². The molecule has 0 aliphatic rings. The van der Waals surface area contributed by atoms with Crippen LogP contribution in [-0.2, 0) is 0 Å². The first-order chi connectivity index (χ1) is 7.95. The normalized spacial score (nSPS) is 12.2. The Kier molecular flexibility index (Phi) is 4.45. The van der Waals surface area contributed by atoms with Gasteiger partial charge in [0, 0.05) is 18.8 Å². The van der Waals surface area contributed by atoms with Crippen molar-refractivity contribution in [2.45, 2.75) is 20.8 Å². The Morgan fingerprint density at radius 3 is 2.71 bits per heavy atom. The fourth-order valence-electron chi connectivity index (χ4n) is 1.59. The second-order valence-corrected chi connectivity index (χ2v) is 4.25. The average molecular weight is 238 g/mol. The maximum absolute atomic E-state index is 11.1. The lowest BCUT2D eigenvalue weighted by molar-refractivity contribution is 0.0696. The van der Waals surface area contributed by atoms with Gasteiger partial charge in [0.2, 0.25) is 0 Å². The molecule has 1 rings (SSSR count). The molecule has 0 aliphatic carbocycles. The van der Waals surface area contributed by atoms with Crippen molar-refractivity contribution in [3.63, 3.8) is 0 Å². The first-order valence-electron chi connectivity index (χ1n) is 5.52. The molecular formula is C12H18N2O3. The lowest BCUT2D eigenvalue weighted by Gasteiger charge is -2.14. The third-order valence-corrected chi connectivity index (χ3v) is 2.49. The van der Waals surface area contributed by atoms with Gasteiger partial charge in [-0.05, 0) is 25.8 Å². The summed E-state index contributed by atoms with van der Waals surface area (Å²) in [5.41, 5.74) is 2.02. The van der Waals surface area contributed by atoms with Gasteiger partial charge in [0.25, 0.3) is 0 Å². The maximum atomic E-state index is 11.1. The maximum Gasteiger partial charge on any atom is 0.339 e. The second kappa shape index (κ2) is 5.63. The largest absolute Gasteiger partial charge is 0.478 e. The van der Waals surface area contributed by atoms with E-state index in [4.69, 9.17) is 10.2 Å². The molecular weight excluding hydrogens is 220 g/mol. The molecule has 0 aliphatic heterocycles. The molecule has 0 spiro atoms. The molecule has 5 heteroatoms. The van der Waals surface area contributed by atoms with Crippen molar-refractivity contribution in [2.75, 3.05) is 18.5 Å². The molecule has 3 N–H and O–H groups in total. The monoisotopic (exact) mass is 238 g/mol. The number of aliphatic hydroxyl groups excluding tert-OH is 1. The summed E-state index contributed by atoms with van der Waals surface area (Å²) in [6.45, 7) is 5.98. The number of carbonyl (C=O) groups is 1. The molecule has 1 aromatic heterocycles. The molecule has 0 fully saturated rings. The Labute approximate surface area is 101 Å². The molecule has 94 valence electrons. The van der Waals surface area contributed by atoms with Gasteiger partial charge in [-0.25, -0.2) is 4.79 Å². The van der Waals surface area contributed by atoms with Gasteiger partial charge < -0.3 is 15.5 Å². The lowest BCUT2D eigenvalue weighted by Crippen LogP contribution is -2.17. The first kappa shape index (κ1) is 13.4. The minimum absolute atomic E-state index is 0.0679. The van der Waals surface area contributed by atoms with E-state index in [2.05, 4.69) is 10.3 Å². The number of nitrogens with one attached hydrogen (secondary N) is 1. The van der Waals surface area contributed by atoms with Gasteiger partial charge in [0.1, 0.15) is 5.56 Å². The zero-order valence-corrected chi connectivity index (χ0v) is 10.3. The predicted octanol–water partition coefficient (Wildman–Crippen LogP) is 1.44. The molecule has 1 atom stereocenters. The molecule has 0 radical (unpaired) electrons. The molecule has 0 amide bonds. The molecule has 0 aromatic carbocycles. The fourth-order valence-corrected chi connectivity index (χ4v) is 1.59. The van der Waals surface area contributed by atoms with Crippen molar-refractivity contribution < 1.29 is 15.0 Å². The number of aryl methyl sites for hydroxylation is 2. The van der Waals surface area contributed by atoms with Gasteiger partial charge in [0.15, 0.2) is 0 Å². The molecule has 1 aromatic rings. The number of aromatic nitrogens is 1. The quantitative estimate of drug-likeness (QED) is 0.723. The molecule has 0 bridgehead atoms. The standard InChI is InChI=1S/C12H18N2O3/c1-7(6-15)5-13-10-4-8(2)14-9(3)11(10)12(16)17/h4,7,15H,5-6H2,1-3H3,(H,13,14)(H,16,17). The first-order valence-corrected chi connectivity index (χ1v) is 5.52. The van der Waals surface area contributed by atoms with Crippen LogP contribution in [-0.4, -0.2) is 34.3 Å². The van der Waals surface area contributed by atoms with Gasteiger partial charge in [-0.1, -0.05) is 6.92 Å². The molecule has 1 unspecified atom stereocenters. The van der Waals surface area contributed by atoms with Gasteiger partial charge >= 0.3 is 5.97 Å². The summed E-state index contributed by atoms with van der Waals surface area (Å²) in [4.78, 5) is 15.3. The van der Waals surface area contributed by atoms with E-state index in [-0.39, 0.29) is 18.1 Å². The summed E-state index contributed by atoms with van der Waals surface area (Å²) < 4.78 is 0. The summed E-state index contributed by atoms with van der Waals surface area (Å²) in [5.74, 6) is -0.917.